The largest absolute Gasteiger partial charge is 0.447 e. The number of ketones is 1. The van der Waals surface area contributed by atoms with Gasteiger partial charge >= 0.3 is 12.1 Å². The SMILES string of the molecule is C=CCNC(=O)C(=O)C(CCC)NC(=O)C1[C@@H]2[C@H](CN1C(=O)C(NC(=O)N[C@H](COC(=O)NC(C)(C)C)C(C)(C)C)C(C)(C)C)C2(C)C. The Hall–Kier alpha value is -3.64. The zero-order valence-corrected chi connectivity index (χ0v) is 31.1. The third-order valence-corrected chi connectivity index (χ3v) is 9.20. The van der Waals surface area contributed by atoms with E-state index in [-0.39, 0.29) is 36.8 Å². The van der Waals surface area contributed by atoms with Crippen molar-refractivity contribution in [1.82, 2.24) is 31.5 Å². The summed E-state index contributed by atoms with van der Waals surface area (Å²) in [7, 11) is 0. The van der Waals surface area contributed by atoms with Gasteiger partial charge in [-0.1, -0.05) is 74.8 Å². The second kappa shape index (κ2) is 15.3. The summed E-state index contributed by atoms with van der Waals surface area (Å²) in [4.78, 5) is 80.9. The Bertz CT molecular complexity index is 1240. The average molecular weight is 677 g/mol. The molecular formula is C35H60N6O7. The summed E-state index contributed by atoms with van der Waals surface area (Å²) < 4.78 is 5.42. The smallest absolute Gasteiger partial charge is 0.407 e. The fourth-order valence-electron chi connectivity index (χ4n) is 6.19. The zero-order chi connectivity index (χ0) is 37.0. The van der Waals surface area contributed by atoms with Gasteiger partial charge in [-0.15, -0.1) is 6.58 Å². The highest BCUT2D eigenvalue weighted by Gasteiger charge is 2.70. The molecule has 48 heavy (non-hydrogen) atoms. The minimum atomic E-state index is -1.05. The molecule has 272 valence electrons. The number of carbonyl (C=O) groups is 6. The molecule has 1 aliphatic carbocycles. The van der Waals surface area contributed by atoms with Gasteiger partial charge in [0.05, 0.1) is 12.1 Å². The average Bonchev–Trinajstić information content (AvgIpc) is 3.25. The molecule has 0 aromatic rings. The highest BCUT2D eigenvalue weighted by atomic mass is 16.5. The van der Waals surface area contributed by atoms with Gasteiger partial charge in [0.2, 0.25) is 17.6 Å². The van der Waals surface area contributed by atoms with Gasteiger partial charge in [-0.25, -0.2) is 9.59 Å². The van der Waals surface area contributed by atoms with Crippen molar-refractivity contribution in [3.8, 4) is 0 Å². The van der Waals surface area contributed by atoms with Gasteiger partial charge in [0, 0.05) is 18.6 Å². The lowest BCUT2D eigenvalue weighted by molar-refractivity contribution is -0.145. The first-order chi connectivity index (χ1) is 21.9. The summed E-state index contributed by atoms with van der Waals surface area (Å²) in [5, 5.41) is 13.7. The van der Waals surface area contributed by atoms with E-state index in [9.17, 15) is 28.8 Å². The number of carbonyl (C=O) groups excluding carboxylic acids is 6. The summed E-state index contributed by atoms with van der Waals surface area (Å²) in [5.41, 5.74) is -1.94. The van der Waals surface area contributed by atoms with Crippen LogP contribution in [0.15, 0.2) is 12.7 Å². The first-order valence-electron chi connectivity index (χ1n) is 16.9. The topological polar surface area (TPSA) is 175 Å². The van der Waals surface area contributed by atoms with Crippen molar-refractivity contribution in [3.05, 3.63) is 12.7 Å². The van der Waals surface area contributed by atoms with E-state index >= 15 is 0 Å². The maximum Gasteiger partial charge on any atom is 0.407 e. The van der Waals surface area contributed by atoms with Crippen LogP contribution in [0.3, 0.4) is 0 Å². The predicted molar refractivity (Wildman–Crippen MR) is 184 cm³/mol. The van der Waals surface area contributed by atoms with Gasteiger partial charge in [-0.3, -0.25) is 19.2 Å². The lowest BCUT2D eigenvalue weighted by atomic mass is 9.85. The molecule has 0 aromatic heterocycles. The van der Waals surface area contributed by atoms with Crippen LogP contribution >= 0.6 is 0 Å². The van der Waals surface area contributed by atoms with Crippen LogP contribution in [-0.4, -0.2) is 89.9 Å². The maximum absolute atomic E-state index is 14.3. The lowest BCUT2D eigenvalue weighted by Crippen LogP contribution is -2.62. The van der Waals surface area contributed by atoms with Gasteiger partial charge in [0.25, 0.3) is 5.91 Å². The summed E-state index contributed by atoms with van der Waals surface area (Å²) in [6, 6.07) is -4.15. The van der Waals surface area contributed by atoms with Gasteiger partial charge in [-0.05, 0) is 55.3 Å². The molecule has 13 heteroatoms. The van der Waals surface area contributed by atoms with Gasteiger partial charge in [0.15, 0.2) is 0 Å². The Morgan fingerprint density at radius 2 is 1.54 bits per heavy atom. The van der Waals surface area contributed by atoms with Crippen LogP contribution in [0.5, 0.6) is 0 Å². The predicted octanol–water partition coefficient (Wildman–Crippen LogP) is 3.28. The van der Waals surface area contributed by atoms with Crippen LogP contribution < -0.4 is 26.6 Å². The van der Waals surface area contributed by atoms with Crippen molar-refractivity contribution in [2.24, 2.45) is 28.1 Å². The van der Waals surface area contributed by atoms with Crippen molar-refractivity contribution in [2.45, 2.75) is 126 Å². The Labute approximate surface area is 286 Å². The van der Waals surface area contributed by atoms with Gasteiger partial charge in [-0.2, -0.15) is 0 Å². The number of piperidine rings is 1. The molecule has 1 saturated heterocycles. The lowest BCUT2D eigenvalue weighted by Gasteiger charge is -2.38. The summed E-state index contributed by atoms with van der Waals surface area (Å²) >= 11 is 0. The number of likely N-dealkylation sites (tertiary alicyclic amines) is 1. The highest BCUT2D eigenvalue weighted by Crippen LogP contribution is 2.65. The molecule has 0 radical (unpaired) electrons. The van der Waals surface area contributed by atoms with Crippen LogP contribution in [0.2, 0.25) is 0 Å². The molecule has 5 N–H and O–H groups in total. The molecule has 13 nitrogen and oxygen atoms in total. The minimum Gasteiger partial charge on any atom is -0.447 e. The van der Waals surface area contributed by atoms with E-state index in [1.807, 2.05) is 83.1 Å². The van der Waals surface area contributed by atoms with E-state index in [0.717, 1.165) is 0 Å². The van der Waals surface area contributed by atoms with Gasteiger partial charge < -0.3 is 36.2 Å². The van der Waals surface area contributed by atoms with Crippen molar-refractivity contribution in [2.75, 3.05) is 19.7 Å². The van der Waals surface area contributed by atoms with E-state index in [1.165, 1.54) is 11.0 Å². The summed E-state index contributed by atoms with van der Waals surface area (Å²) in [5.74, 6) is -2.58. The highest BCUT2D eigenvalue weighted by molar-refractivity contribution is 6.38. The molecule has 6 amide bonds. The molecule has 0 spiro atoms. The van der Waals surface area contributed by atoms with Crippen LogP contribution in [0, 0.1) is 28.1 Å². The molecule has 1 saturated carbocycles. The Morgan fingerprint density at radius 1 is 0.938 bits per heavy atom. The van der Waals surface area contributed by atoms with Crippen LogP contribution in [0.4, 0.5) is 9.59 Å². The Morgan fingerprint density at radius 3 is 2.04 bits per heavy atom. The number of Topliss-reactive ketones (excluding diaryl/α,β-unsaturated/α-hetero) is 1. The van der Waals surface area contributed by atoms with E-state index in [2.05, 4.69) is 33.2 Å². The van der Waals surface area contributed by atoms with E-state index in [0.29, 0.717) is 13.0 Å². The summed E-state index contributed by atoms with van der Waals surface area (Å²) in [6.45, 7) is 26.5. The monoisotopic (exact) mass is 676 g/mol. The Balaban J connectivity index is 2.28. The number of nitrogens with zero attached hydrogens (tertiary/aromatic N) is 1. The van der Waals surface area contributed by atoms with Crippen LogP contribution in [-0.2, 0) is 23.9 Å². The molecular weight excluding hydrogens is 616 g/mol. The maximum atomic E-state index is 14.3. The molecule has 6 atom stereocenters. The number of rotatable bonds is 13. The molecule has 2 fully saturated rings. The molecule has 0 aromatic carbocycles. The van der Waals surface area contributed by atoms with E-state index < -0.39 is 76.2 Å². The van der Waals surface area contributed by atoms with Crippen molar-refractivity contribution < 1.29 is 33.5 Å². The van der Waals surface area contributed by atoms with Crippen molar-refractivity contribution in [3.63, 3.8) is 0 Å². The molecule has 0 bridgehead atoms. The molecule has 2 aliphatic rings. The molecule has 1 aliphatic heterocycles. The first kappa shape index (κ1) is 40.5. The van der Waals surface area contributed by atoms with Crippen LogP contribution in [0.1, 0.15) is 95.9 Å². The number of amides is 6. The quantitative estimate of drug-likeness (QED) is 0.147. The van der Waals surface area contributed by atoms with Gasteiger partial charge in [0.1, 0.15) is 18.7 Å². The van der Waals surface area contributed by atoms with Crippen molar-refractivity contribution in [1.29, 1.82) is 0 Å². The number of urea groups is 1. The third-order valence-electron chi connectivity index (χ3n) is 9.20. The second-order valence-corrected chi connectivity index (χ2v) is 16.9. The zero-order valence-electron chi connectivity index (χ0n) is 31.1. The van der Waals surface area contributed by atoms with Crippen molar-refractivity contribution >= 4 is 35.6 Å². The standard InChI is InChI=1S/C35H60N6O7/c1-14-16-21(25(42)28(44)36-17-15-2)37-27(43)24-23-20(35(23,12)13)18-41(24)29(45)26(33(6,7)8)39-30(46)38-22(32(3,4)5)19-48-31(47)40-34(9,10)11/h15,20-24,26H,2,14,16-19H2,1,3-13H3,(H,36,44)(H,37,43)(H,40,47)(H2,38,39,46)/t20-,21?,22+,23-,24?,26?/m0/s1. The van der Waals surface area contributed by atoms with Crippen LogP contribution in [0.25, 0.3) is 0 Å². The second-order valence-electron chi connectivity index (χ2n) is 16.9. The van der Waals surface area contributed by atoms with E-state index in [1.54, 1.807) is 0 Å². The molecule has 2 rings (SSSR count). The van der Waals surface area contributed by atoms with E-state index in [4.69, 9.17) is 4.74 Å². The minimum absolute atomic E-state index is 0.0597. The number of nitrogens with one attached hydrogen (secondary N) is 5. The fraction of sp³-hybridized carbons (Fsp3) is 0.771. The third kappa shape index (κ3) is 10.4. The molecule has 3 unspecified atom stereocenters. The number of alkyl carbamates (subject to hydrolysis) is 1. The number of ether oxygens (including phenoxy) is 1. The number of hydrogen-bond donors (Lipinski definition) is 5. The number of fused-ring (bicyclic) bond motifs is 1. The normalized spacial score (nSPS) is 21.8. The first-order valence-corrected chi connectivity index (χ1v) is 16.9. The molecule has 1 heterocycles. The Kier molecular flexibility index (Phi) is 12.9. The fourth-order valence-corrected chi connectivity index (χ4v) is 6.19. The summed E-state index contributed by atoms with van der Waals surface area (Å²) in [6.07, 6.45) is 1.65. The number of hydrogen-bond acceptors (Lipinski definition) is 7.